The van der Waals surface area contributed by atoms with Crippen molar-refractivity contribution in [2.75, 3.05) is 14.2 Å². The minimum atomic E-state index is -0.332. The number of hydrogen-bond donors (Lipinski definition) is 1. The van der Waals surface area contributed by atoms with Gasteiger partial charge in [-0.05, 0) is 51.1 Å². The van der Waals surface area contributed by atoms with Crippen LogP contribution in [0.5, 0.6) is 17.2 Å². The quantitative estimate of drug-likeness (QED) is 0.607. The van der Waals surface area contributed by atoms with Gasteiger partial charge in [-0.15, -0.1) is 0 Å². The SMILES string of the molecule is COc1cccc(/C(C)=N/NC(=O)c2ccc(OC(C)C)c(OC)c2)c1. The Hall–Kier alpha value is -3.02. The van der Waals surface area contributed by atoms with Crippen LogP contribution >= 0.6 is 0 Å². The second-order valence-electron chi connectivity index (χ2n) is 5.90. The summed E-state index contributed by atoms with van der Waals surface area (Å²) in [4.78, 5) is 12.4. The van der Waals surface area contributed by atoms with Gasteiger partial charge in [0, 0.05) is 11.1 Å². The van der Waals surface area contributed by atoms with Crippen LogP contribution in [0.1, 0.15) is 36.7 Å². The molecule has 2 aromatic carbocycles. The van der Waals surface area contributed by atoms with Gasteiger partial charge in [0.2, 0.25) is 0 Å². The Balaban J connectivity index is 2.13. The Kier molecular flexibility index (Phi) is 6.60. The van der Waals surface area contributed by atoms with Gasteiger partial charge in [0.25, 0.3) is 5.91 Å². The second-order valence-corrected chi connectivity index (χ2v) is 5.90. The van der Waals surface area contributed by atoms with Crippen LogP contribution in [-0.4, -0.2) is 31.9 Å². The molecule has 0 aliphatic rings. The molecule has 1 N–H and O–H groups in total. The normalized spacial score (nSPS) is 11.2. The maximum absolute atomic E-state index is 12.4. The molecule has 0 radical (unpaired) electrons. The highest BCUT2D eigenvalue weighted by atomic mass is 16.5. The van der Waals surface area contributed by atoms with Gasteiger partial charge in [-0.25, -0.2) is 5.43 Å². The Morgan fingerprint density at radius 3 is 2.42 bits per heavy atom. The largest absolute Gasteiger partial charge is 0.497 e. The van der Waals surface area contributed by atoms with Crippen molar-refractivity contribution >= 4 is 11.6 Å². The molecule has 2 rings (SSSR count). The van der Waals surface area contributed by atoms with Crippen LogP contribution < -0.4 is 19.6 Å². The molecule has 0 heterocycles. The van der Waals surface area contributed by atoms with Gasteiger partial charge in [-0.1, -0.05) is 12.1 Å². The molecule has 0 fully saturated rings. The summed E-state index contributed by atoms with van der Waals surface area (Å²) in [5.41, 5.74) is 4.52. The molecule has 6 heteroatoms. The molecule has 138 valence electrons. The highest BCUT2D eigenvalue weighted by Crippen LogP contribution is 2.29. The third-order valence-electron chi connectivity index (χ3n) is 3.60. The number of ether oxygens (including phenoxy) is 3. The summed E-state index contributed by atoms with van der Waals surface area (Å²) in [6.07, 6.45) is 0.0127. The molecule has 2 aromatic rings. The van der Waals surface area contributed by atoms with Crippen molar-refractivity contribution in [3.8, 4) is 17.2 Å². The molecule has 1 amide bonds. The number of methoxy groups -OCH3 is 2. The highest BCUT2D eigenvalue weighted by Gasteiger charge is 2.12. The van der Waals surface area contributed by atoms with E-state index in [0.717, 1.165) is 11.3 Å². The van der Waals surface area contributed by atoms with E-state index in [1.54, 1.807) is 25.3 Å². The van der Waals surface area contributed by atoms with Gasteiger partial charge in [-0.3, -0.25) is 4.79 Å². The Morgan fingerprint density at radius 2 is 1.77 bits per heavy atom. The molecule has 0 spiro atoms. The summed E-state index contributed by atoms with van der Waals surface area (Å²) in [5.74, 6) is 1.49. The van der Waals surface area contributed by atoms with Crippen molar-refractivity contribution in [3.05, 3.63) is 53.6 Å². The van der Waals surface area contributed by atoms with Crippen LogP contribution in [0.25, 0.3) is 0 Å². The van der Waals surface area contributed by atoms with Crippen molar-refractivity contribution in [2.45, 2.75) is 26.9 Å². The fourth-order valence-electron chi connectivity index (χ4n) is 2.27. The number of amides is 1. The Morgan fingerprint density at radius 1 is 1.00 bits per heavy atom. The molecular formula is C20H24N2O4. The fraction of sp³-hybridized carbons (Fsp3) is 0.300. The van der Waals surface area contributed by atoms with E-state index in [0.29, 0.717) is 22.8 Å². The summed E-state index contributed by atoms with van der Waals surface area (Å²) in [6, 6.07) is 12.5. The van der Waals surface area contributed by atoms with Gasteiger partial charge in [0.05, 0.1) is 26.0 Å². The smallest absolute Gasteiger partial charge is 0.271 e. The van der Waals surface area contributed by atoms with Crippen molar-refractivity contribution in [1.29, 1.82) is 0 Å². The van der Waals surface area contributed by atoms with E-state index in [2.05, 4.69) is 10.5 Å². The first-order valence-corrected chi connectivity index (χ1v) is 8.28. The van der Waals surface area contributed by atoms with Gasteiger partial charge < -0.3 is 14.2 Å². The van der Waals surface area contributed by atoms with Crippen LogP contribution in [0.2, 0.25) is 0 Å². The van der Waals surface area contributed by atoms with Crippen molar-refractivity contribution in [1.82, 2.24) is 5.43 Å². The molecular weight excluding hydrogens is 332 g/mol. The minimum absolute atomic E-state index is 0.0127. The summed E-state index contributed by atoms with van der Waals surface area (Å²) in [6.45, 7) is 5.67. The van der Waals surface area contributed by atoms with Gasteiger partial charge in [-0.2, -0.15) is 5.10 Å². The summed E-state index contributed by atoms with van der Waals surface area (Å²) in [7, 11) is 3.14. The lowest BCUT2D eigenvalue weighted by Crippen LogP contribution is -2.19. The van der Waals surface area contributed by atoms with Crippen LogP contribution in [0.15, 0.2) is 47.6 Å². The summed E-state index contributed by atoms with van der Waals surface area (Å²) < 4.78 is 16.2. The minimum Gasteiger partial charge on any atom is -0.497 e. The number of hydrogen-bond acceptors (Lipinski definition) is 5. The topological polar surface area (TPSA) is 69.2 Å². The number of rotatable bonds is 7. The standard InChI is InChI=1S/C20H24N2O4/c1-13(2)26-18-10-9-16(12-19(18)25-5)20(23)22-21-14(3)15-7-6-8-17(11-15)24-4/h6-13H,1-5H3,(H,22,23)/b21-14+. The van der Waals surface area contributed by atoms with Crippen molar-refractivity contribution < 1.29 is 19.0 Å². The first-order chi connectivity index (χ1) is 12.4. The lowest BCUT2D eigenvalue weighted by molar-refractivity contribution is 0.0954. The second kappa shape index (κ2) is 8.89. The molecule has 0 aromatic heterocycles. The van der Waals surface area contributed by atoms with E-state index in [9.17, 15) is 4.79 Å². The molecule has 0 aliphatic heterocycles. The van der Waals surface area contributed by atoms with Crippen molar-refractivity contribution in [3.63, 3.8) is 0 Å². The number of carbonyl (C=O) groups excluding carboxylic acids is 1. The van der Waals surface area contributed by atoms with Gasteiger partial charge in [0.1, 0.15) is 5.75 Å². The number of nitrogens with one attached hydrogen (secondary N) is 1. The zero-order valence-electron chi connectivity index (χ0n) is 15.7. The lowest BCUT2D eigenvalue weighted by Gasteiger charge is -2.14. The van der Waals surface area contributed by atoms with Crippen LogP contribution in [0.3, 0.4) is 0 Å². The third-order valence-corrected chi connectivity index (χ3v) is 3.60. The van der Waals surface area contributed by atoms with Gasteiger partial charge in [0.15, 0.2) is 11.5 Å². The zero-order valence-corrected chi connectivity index (χ0v) is 15.7. The molecule has 0 unspecified atom stereocenters. The van der Waals surface area contributed by atoms with E-state index in [4.69, 9.17) is 14.2 Å². The number of nitrogens with zero attached hydrogens (tertiary/aromatic N) is 1. The van der Waals surface area contributed by atoms with Crippen molar-refractivity contribution in [2.24, 2.45) is 5.10 Å². The molecule has 0 atom stereocenters. The molecule has 0 saturated carbocycles. The predicted octanol–water partition coefficient (Wildman–Crippen LogP) is 3.65. The van der Waals surface area contributed by atoms with Crippen LogP contribution in [-0.2, 0) is 0 Å². The first-order valence-electron chi connectivity index (χ1n) is 8.28. The van der Waals surface area contributed by atoms with E-state index in [-0.39, 0.29) is 12.0 Å². The molecule has 0 bridgehead atoms. The monoisotopic (exact) mass is 356 g/mol. The maximum Gasteiger partial charge on any atom is 0.271 e. The number of benzene rings is 2. The van der Waals surface area contributed by atoms with E-state index in [1.807, 2.05) is 45.0 Å². The van der Waals surface area contributed by atoms with Gasteiger partial charge >= 0.3 is 0 Å². The predicted molar refractivity (Wildman–Crippen MR) is 101 cm³/mol. The number of carbonyl (C=O) groups is 1. The maximum atomic E-state index is 12.4. The molecule has 0 saturated heterocycles. The lowest BCUT2D eigenvalue weighted by atomic mass is 10.1. The molecule has 6 nitrogen and oxygen atoms in total. The summed E-state index contributed by atoms with van der Waals surface area (Å²) in [5, 5.41) is 4.16. The van der Waals surface area contributed by atoms with E-state index >= 15 is 0 Å². The summed E-state index contributed by atoms with van der Waals surface area (Å²) >= 11 is 0. The first kappa shape index (κ1) is 19.3. The molecule has 0 aliphatic carbocycles. The average molecular weight is 356 g/mol. The van der Waals surface area contributed by atoms with Crippen LogP contribution in [0.4, 0.5) is 0 Å². The Bertz CT molecular complexity index is 800. The highest BCUT2D eigenvalue weighted by molar-refractivity contribution is 6.01. The average Bonchev–Trinajstić information content (AvgIpc) is 2.65. The van der Waals surface area contributed by atoms with Crippen LogP contribution in [0, 0.1) is 0 Å². The van der Waals surface area contributed by atoms with E-state index in [1.165, 1.54) is 7.11 Å². The third kappa shape index (κ3) is 4.99. The fourth-order valence-corrected chi connectivity index (χ4v) is 2.27. The van der Waals surface area contributed by atoms with E-state index < -0.39 is 0 Å². The number of hydrazone groups is 1. The molecule has 26 heavy (non-hydrogen) atoms. The Labute approximate surface area is 153 Å². The zero-order chi connectivity index (χ0) is 19.1.